The summed E-state index contributed by atoms with van der Waals surface area (Å²) < 4.78 is 5.16. The monoisotopic (exact) mass is 199 g/mol. The number of rotatable bonds is 3. The van der Waals surface area contributed by atoms with E-state index in [1.165, 1.54) is 0 Å². The van der Waals surface area contributed by atoms with E-state index in [0.717, 1.165) is 18.7 Å². The minimum Gasteiger partial charge on any atom is -0.464 e. The Balaban J connectivity index is 2.25. The largest absolute Gasteiger partial charge is 0.464 e. The molecule has 1 saturated carbocycles. The van der Waals surface area contributed by atoms with E-state index in [2.05, 4.69) is 15.0 Å². The van der Waals surface area contributed by atoms with Gasteiger partial charge in [-0.15, -0.1) is 0 Å². The highest BCUT2D eigenvalue weighted by atomic mass is 35.5. The van der Waals surface area contributed by atoms with Gasteiger partial charge in [0.15, 0.2) is 0 Å². The van der Waals surface area contributed by atoms with Crippen molar-refractivity contribution in [1.29, 1.82) is 0 Å². The van der Waals surface area contributed by atoms with Crippen molar-refractivity contribution in [3.63, 3.8) is 0 Å². The molecule has 0 spiro atoms. The molecule has 1 fully saturated rings. The summed E-state index contributed by atoms with van der Waals surface area (Å²) in [6.07, 6.45) is 2.29. The fourth-order valence-electron chi connectivity index (χ4n) is 1.06. The summed E-state index contributed by atoms with van der Waals surface area (Å²) in [5.41, 5.74) is 0. The Labute approximate surface area is 81.3 Å². The first kappa shape index (κ1) is 8.69. The normalized spacial score (nSPS) is 15.8. The minimum atomic E-state index is 0.223. The molecule has 0 unspecified atom stereocenters. The van der Waals surface area contributed by atoms with E-state index in [-0.39, 0.29) is 5.28 Å². The maximum Gasteiger partial charge on any atom is 0.320 e. The zero-order chi connectivity index (χ0) is 9.26. The van der Waals surface area contributed by atoms with E-state index in [4.69, 9.17) is 16.3 Å². The molecule has 0 bridgehead atoms. The lowest BCUT2D eigenvalue weighted by Gasteiger charge is -2.02. The number of hydrogen-bond donors (Lipinski definition) is 0. The molecule has 1 heterocycles. The Hall–Kier alpha value is -0.900. The molecule has 0 aromatic carbocycles. The fourth-order valence-corrected chi connectivity index (χ4v) is 1.22. The number of aromatic nitrogens is 3. The molecular weight excluding hydrogens is 190 g/mol. The summed E-state index contributed by atoms with van der Waals surface area (Å²) in [6, 6.07) is 0.337. The molecule has 1 aromatic heterocycles. The van der Waals surface area contributed by atoms with Crippen LogP contribution in [-0.4, -0.2) is 21.6 Å². The lowest BCUT2D eigenvalue weighted by atomic mass is 10.4. The molecule has 0 atom stereocenters. The van der Waals surface area contributed by atoms with Gasteiger partial charge in [0.1, 0.15) is 5.82 Å². The molecule has 1 aromatic rings. The average molecular weight is 200 g/mol. The summed E-state index contributed by atoms with van der Waals surface area (Å²) in [5.74, 6) is 1.24. The second-order valence-corrected chi connectivity index (χ2v) is 3.29. The van der Waals surface area contributed by atoms with Crippen molar-refractivity contribution in [2.24, 2.45) is 0 Å². The van der Waals surface area contributed by atoms with Crippen LogP contribution in [0.5, 0.6) is 6.01 Å². The SMILES string of the molecule is CCOc1nc(Cl)nc(C2CC2)n1. The van der Waals surface area contributed by atoms with E-state index in [0.29, 0.717) is 18.5 Å². The van der Waals surface area contributed by atoms with Gasteiger partial charge in [0, 0.05) is 5.92 Å². The highest BCUT2D eigenvalue weighted by Gasteiger charge is 2.27. The molecule has 13 heavy (non-hydrogen) atoms. The van der Waals surface area contributed by atoms with E-state index in [9.17, 15) is 0 Å². The van der Waals surface area contributed by atoms with Crippen LogP contribution >= 0.6 is 11.6 Å². The van der Waals surface area contributed by atoms with Crippen molar-refractivity contribution in [3.8, 4) is 6.01 Å². The first-order valence-corrected chi connectivity index (χ1v) is 4.71. The van der Waals surface area contributed by atoms with Crippen LogP contribution < -0.4 is 4.74 Å². The third-order valence-corrected chi connectivity index (χ3v) is 1.99. The molecule has 4 nitrogen and oxygen atoms in total. The molecule has 2 rings (SSSR count). The molecule has 1 aliphatic carbocycles. The van der Waals surface area contributed by atoms with Crippen LogP contribution in [-0.2, 0) is 0 Å². The zero-order valence-electron chi connectivity index (χ0n) is 7.33. The van der Waals surface area contributed by atoms with Crippen molar-refractivity contribution < 1.29 is 4.74 Å². The van der Waals surface area contributed by atoms with Crippen molar-refractivity contribution in [2.75, 3.05) is 6.61 Å². The van der Waals surface area contributed by atoms with Crippen LogP contribution in [0.15, 0.2) is 0 Å². The van der Waals surface area contributed by atoms with Crippen molar-refractivity contribution in [2.45, 2.75) is 25.7 Å². The lowest BCUT2D eigenvalue weighted by Crippen LogP contribution is -2.02. The van der Waals surface area contributed by atoms with E-state index < -0.39 is 0 Å². The highest BCUT2D eigenvalue weighted by molar-refractivity contribution is 6.28. The third kappa shape index (κ3) is 2.06. The maximum absolute atomic E-state index is 5.72. The van der Waals surface area contributed by atoms with E-state index in [1.807, 2.05) is 6.92 Å². The molecule has 5 heteroatoms. The average Bonchev–Trinajstić information content (AvgIpc) is 2.85. The Morgan fingerprint density at radius 2 is 2.15 bits per heavy atom. The predicted octanol–water partition coefficient (Wildman–Crippen LogP) is 1.80. The maximum atomic E-state index is 5.72. The quantitative estimate of drug-likeness (QED) is 0.745. The van der Waals surface area contributed by atoms with Gasteiger partial charge in [0.05, 0.1) is 6.61 Å². The second kappa shape index (κ2) is 3.46. The Kier molecular flexibility index (Phi) is 2.31. The first-order valence-electron chi connectivity index (χ1n) is 4.34. The third-order valence-electron chi connectivity index (χ3n) is 1.82. The smallest absolute Gasteiger partial charge is 0.320 e. The molecular formula is C8H10ClN3O. The summed E-state index contributed by atoms with van der Waals surface area (Å²) >= 11 is 5.72. The van der Waals surface area contributed by atoms with Gasteiger partial charge in [0.25, 0.3) is 0 Å². The molecule has 1 aliphatic rings. The number of hydrogen-bond acceptors (Lipinski definition) is 4. The van der Waals surface area contributed by atoms with E-state index >= 15 is 0 Å². The topological polar surface area (TPSA) is 47.9 Å². The number of nitrogens with zero attached hydrogens (tertiary/aromatic N) is 3. The number of ether oxygens (including phenoxy) is 1. The molecule has 70 valence electrons. The van der Waals surface area contributed by atoms with Crippen molar-refractivity contribution in [1.82, 2.24) is 15.0 Å². The van der Waals surface area contributed by atoms with Crippen LogP contribution in [0, 0.1) is 0 Å². The van der Waals surface area contributed by atoms with Gasteiger partial charge in [-0.05, 0) is 31.4 Å². The molecule has 0 saturated heterocycles. The van der Waals surface area contributed by atoms with Gasteiger partial charge in [0.2, 0.25) is 5.28 Å². The first-order chi connectivity index (χ1) is 6.29. The lowest BCUT2D eigenvalue weighted by molar-refractivity contribution is 0.309. The second-order valence-electron chi connectivity index (χ2n) is 2.95. The van der Waals surface area contributed by atoms with Crippen LogP contribution in [0.3, 0.4) is 0 Å². The molecule has 0 amide bonds. The summed E-state index contributed by atoms with van der Waals surface area (Å²) in [7, 11) is 0. The Morgan fingerprint density at radius 1 is 1.38 bits per heavy atom. The van der Waals surface area contributed by atoms with Crippen molar-refractivity contribution >= 4 is 11.6 Å². The highest BCUT2D eigenvalue weighted by Crippen LogP contribution is 2.38. The molecule has 0 aliphatic heterocycles. The van der Waals surface area contributed by atoms with Crippen LogP contribution in [0.25, 0.3) is 0 Å². The summed E-state index contributed by atoms with van der Waals surface area (Å²) in [6.45, 7) is 2.43. The standard InChI is InChI=1S/C8H10ClN3O/c1-2-13-8-11-6(5-3-4-5)10-7(9)12-8/h5H,2-4H2,1H3. The summed E-state index contributed by atoms with van der Waals surface area (Å²) in [5, 5.41) is 0.223. The fraction of sp³-hybridized carbons (Fsp3) is 0.625. The van der Waals surface area contributed by atoms with Crippen LogP contribution in [0.1, 0.15) is 31.5 Å². The van der Waals surface area contributed by atoms with Gasteiger partial charge >= 0.3 is 6.01 Å². The van der Waals surface area contributed by atoms with Gasteiger partial charge in [-0.1, -0.05) is 0 Å². The summed E-state index contributed by atoms with van der Waals surface area (Å²) in [4.78, 5) is 12.1. The zero-order valence-corrected chi connectivity index (χ0v) is 8.08. The predicted molar refractivity (Wildman–Crippen MR) is 48.0 cm³/mol. The Morgan fingerprint density at radius 3 is 2.77 bits per heavy atom. The minimum absolute atomic E-state index is 0.223. The Bertz CT molecular complexity index is 314. The molecule has 0 N–H and O–H groups in total. The number of halogens is 1. The van der Waals surface area contributed by atoms with Gasteiger partial charge in [-0.3, -0.25) is 0 Å². The van der Waals surface area contributed by atoms with Gasteiger partial charge < -0.3 is 4.74 Å². The van der Waals surface area contributed by atoms with Gasteiger partial charge in [-0.2, -0.15) is 9.97 Å². The van der Waals surface area contributed by atoms with Crippen molar-refractivity contribution in [3.05, 3.63) is 11.1 Å². The van der Waals surface area contributed by atoms with Crippen LogP contribution in [0.2, 0.25) is 5.28 Å². The van der Waals surface area contributed by atoms with E-state index in [1.54, 1.807) is 0 Å². The van der Waals surface area contributed by atoms with Gasteiger partial charge in [-0.25, -0.2) is 4.98 Å². The van der Waals surface area contributed by atoms with Crippen LogP contribution in [0.4, 0.5) is 0 Å². The molecule has 0 radical (unpaired) electrons.